The van der Waals surface area contributed by atoms with Crippen molar-refractivity contribution in [1.29, 1.82) is 0 Å². The fourth-order valence-corrected chi connectivity index (χ4v) is 4.30. The zero-order valence-corrected chi connectivity index (χ0v) is 21.1. The Morgan fingerprint density at radius 2 is 1.76 bits per heavy atom. The molecule has 1 fully saturated rings. The van der Waals surface area contributed by atoms with Crippen molar-refractivity contribution in [3.63, 3.8) is 0 Å². The molecule has 1 aliphatic rings. The summed E-state index contributed by atoms with van der Waals surface area (Å²) < 4.78 is 38.1. The highest BCUT2D eigenvalue weighted by Gasteiger charge is 2.40. The number of alkyl halides is 3. The van der Waals surface area contributed by atoms with Crippen LogP contribution in [0.25, 0.3) is 10.9 Å². The number of nitrogens with one attached hydrogen (secondary N) is 3. The van der Waals surface area contributed by atoms with E-state index in [4.69, 9.17) is 4.98 Å². The molecular weight excluding hydrogens is 481 g/mol. The second-order valence-electron chi connectivity index (χ2n) is 10.6. The van der Waals surface area contributed by atoms with E-state index in [-0.39, 0.29) is 18.2 Å². The van der Waals surface area contributed by atoms with Crippen molar-refractivity contribution in [1.82, 2.24) is 15.6 Å². The number of aryl methyl sites for hydroxylation is 1. The van der Waals surface area contributed by atoms with Crippen LogP contribution in [0.2, 0.25) is 0 Å². The molecule has 37 heavy (non-hydrogen) atoms. The van der Waals surface area contributed by atoms with E-state index in [1.807, 2.05) is 45.0 Å². The summed E-state index contributed by atoms with van der Waals surface area (Å²) in [5, 5.41) is 10.2. The van der Waals surface area contributed by atoms with Gasteiger partial charge in [0.25, 0.3) is 0 Å². The summed E-state index contributed by atoms with van der Waals surface area (Å²) in [6.07, 6.45) is -3.17. The predicted octanol–water partition coefficient (Wildman–Crippen LogP) is 5.18. The van der Waals surface area contributed by atoms with Crippen LogP contribution in [0.5, 0.6) is 0 Å². The first kappa shape index (κ1) is 26.6. The molecule has 6 nitrogen and oxygen atoms in total. The minimum Gasteiger partial charge on any atom is -0.343 e. The number of hydrogen-bond donors (Lipinski definition) is 3. The predicted molar refractivity (Wildman–Crippen MR) is 137 cm³/mol. The Morgan fingerprint density at radius 3 is 2.38 bits per heavy atom. The van der Waals surface area contributed by atoms with Gasteiger partial charge >= 0.3 is 6.18 Å². The molecule has 1 aliphatic heterocycles. The summed E-state index contributed by atoms with van der Waals surface area (Å²) in [6, 6.07) is 14.1. The lowest BCUT2D eigenvalue weighted by atomic mass is 9.88. The Hall–Kier alpha value is -3.46. The van der Waals surface area contributed by atoms with Crippen LogP contribution in [0.1, 0.15) is 50.4 Å². The molecule has 9 heteroatoms. The molecule has 0 spiro atoms. The third-order valence-electron chi connectivity index (χ3n) is 6.57. The molecule has 4 rings (SSSR count). The van der Waals surface area contributed by atoms with Crippen molar-refractivity contribution in [3.05, 3.63) is 71.4 Å². The Morgan fingerprint density at radius 1 is 1.03 bits per heavy atom. The van der Waals surface area contributed by atoms with Crippen molar-refractivity contribution in [2.24, 2.45) is 5.41 Å². The van der Waals surface area contributed by atoms with Gasteiger partial charge in [0.05, 0.1) is 22.3 Å². The van der Waals surface area contributed by atoms with Gasteiger partial charge in [0, 0.05) is 29.5 Å². The molecule has 2 aromatic carbocycles. The van der Waals surface area contributed by atoms with E-state index in [0.29, 0.717) is 24.2 Å². The molecule has 1 aromatic heterocycles. The summed E-state index contributed by atoms with van der Waals surface area (Å²) in [4.78, 5) is 30.0. The molecule has 196 valence electrons. The quantitative estimate of drug-likeness (QED) is 0.425. The zero-order valence-electron chi connectivity index (χ0n) is 21.1. The first-order valence-electron chi connectivity index (χ1n) is 12.3. The Balaban J connectivity index is 1.43. The lowest BCUT2D eigenvalue weighted by molar-refractivity contribution is -0.137. The molecule has 0 saturated carbocycles. The topological polar surface area (TPSA) is 83.1 Å². The average Bonchev–Trinajstić information content (AvgIpc) is 3.31. The summed E-state index contributed by atoms with van der Waals surface area (Å²) in [5.74, 6) is -0.267. The van der Waals surface area contributed by atoms with E-state index in [1.54, 1.807) is 6.07 Å². The van der Waals surface area contributed by atoms with Crippen LogP contribution in [-0.4, -0.2) is 29.9 Å². The smallest absolute Gasteiger partial charge is 0.343 e. The number of carbonyl (C=O) groups excluding carboxylic acids is 2. The van der Waals surface area contributed by atoms with Gasteiger partial charge in [-0.05, 0) is 61.3 Å². The normalized spacial score (nSPS) is 18.1. The van der Waals surface area contributed by atoms with E-state index >= 15 is 0 Å². The maximum Gasteiger partial charge on any atom is 0.416 e. The van der Waals surface area contributed by atoms with Gasteiger partial charge in [-0.25, -0.2) is 0 Å². The largest absolute Gasteiger partial charge is 0.416 e. The fraction of sp³-hybridized carbons (Fsp3) is 0.393. The third kappa shape index (κ3) is 6.28. The first-order valence-corrected chi connectivity index (χ1v) is 12.3. The molecule has 1 atom stereocenters. The minimum atomic E-state index is -4.38. The van der Waals surface area contributed by atoms with Crippen molar-refractivity contribution in [2.75, 3.05) is 18.4 Å². The van der Waals surface area contributed by atoms with Crippen molar-refractivity contribution in [3.8, 4) is 0 Å². The third-order valence-corrected chi connectivity index (χ3v) is 6.57. The number of fused-ring (bicyclic) bond motifs is 1. The SMILES string of the molecule is CC(C)(C)C(=O)N[C@@]1(c2ccc3cc(NC(=O)CCc4ccc(C(F)(F)F)cc4)ccc3n2)CCNC1. The minimum absolute atomic E-state index is 0.0348. The van der Waals surface area contributed by atoms with Gasteiger partial charge in [0.1, 0.15) is 0 Å². The van der Waals surface area contributed by atoms with Crippen LogP contribution in [0.15, 0.2) is 54.6 Å². The maximum absolute atomic E-state index is 12.8. The lowest BCUT2D eigenvalue weighted by Crippen LogP contribution is -2.51. The highest BCUT2D eigenvalue weighted by atomic mass is 19.4. The van der Waals surface area contributed by atoms with Gasteiger partial charge in [0.2, 0.25) is 11.8 Å². The van der Waals surface area contributed by atoms with Crippen LogP contribution in [0.4, 0.5) is 18.9 Å². The zero-order chi connectivity index (χ0) is 26.8. The number of hydrogen-bond acceptors (Lipinski definition) is 4. The van der Waals surface area contributed by atoms with Crippen molar-refractivity contribution >= 4 is 28.4 Å². The Bertz CT molecular complexity index is 1290. The Labute approximate surface area is 214 Å². The number of nitrogens with zero attached hydrogens (tertiary/aromatic N) is 1. The molecule has 0 bridgehead atoms. The fourth-order valence-electron chi connectivity index (χ4n) is 4.30. The van der Waals surface area contributed by atoms with Gasteiger partial charge in [0.15, 0.2) is 0 Å². The van der Waals surface area contributed by atoms with Crippen LogP contribution in [-0.2, 0) is 27.7 Å². The summed E-state index contributed by atoms with van der Waals surface area (Å²) in [6.45, 7) is 7.02. The molecule has 1 saturated heterocycles. The number of pyridine rings is 1. The molecule has 0 aliphatic carbocycles. The maximum atomic E-state index is 12.8. The number of anilines is 1. The van der Waals surface area contributed by atoms with E-state index in [9.17, 15) is 22.8 Å². The van der Waals surface area contributed by atoms with Crippen LogP contribution in [0.3, 0.4) is 0 Å². The molecule has 0 unspecified atom stereocenters. The summed E-state index contributed by atoms with van der Waals surface area (Å²) in [5.41, 5.74) is 0.994. The first-order chi connectivity index (χ1) is 17.4. The highest BCUT2D eigenvalue weighted by molar-refractivity contribution is 5.93. The lowest BCUT2D eigenvalue weighted by Gasteiger charge is -2.32. The second kappa shape index (κ2) is 10.1. The highest BCUT2D eigenvalue weighted by Crippen LogP contribution is 2.31. The number of aromatic nitrogens is 1. The Kier molecular flexibility index (Phi) is 7.28. The number of amides is 2. The average molecular weight is 513 g/mol. The standard InChI is InChI=1S/C28H31F3N4O2/c1-26(2,3)25(37)35-27(14-15-32-17-27)23-12-7-19-16-21(10-11-22(19)34-23)33-24(36)13-6-18-4-8-20(9-5-18)28(29,30)31/h4-5,7-12,16,32H,6,13-15,17H2,1-3H3,(H,33,36)(H,35,37)/t27-/m0/s1. The molecule has 2 amide bonds. The van der Waals surface area contributed by atoms with Gasteiger partial charge in [-0.1, -0.05) is 39.0 Å². The van der Waals surface area contributed by atoms with Gasteiger partial charge in [-0.15, -0.1) is 0 Å². The van der Waals surface area contributed by atoms with Crippen LogP contribution in [0, 0.1) is 5.41 Å². The van der Waals surface area contributed by atoms with E-state index < -0.39 is 22.7 Å². The van der Waals surface area contributed by atoms with Crippen molar-refractivity contribution in [2.45, 2.75) is 51.7 Å². The molecule has 0 radical (unpaired) electrons. The van der Waals surface area contributed by atoms with Gasteiger partial charge in [-0.3, -0.25) is 14.6 Å². The monoisotopic (exact) mass is 512 g/mol. The number of carbonyl (C=O) groups is 2. The van der Waals surface area contributed by atoms with Gasteiger partial charge < -0.3 is 16.0 Å². The summed E-state index contributed by atoms with van der Waals surface area (Å²) in [7, 11) is 0. The number of rotatable bonds is 6. The van der Waals surface area contributed by atoms with E-state index in [2.05, 4.69) is 16.0 Å². The second-order valence-corrected chi connectivity index (χ2v) is 10.6. The van der Waals surface area contributed by atoms with Crippen LogP contribution < -0.4 is 16.0 Å². The van der Waals surface area contributed by atoms with Crippen LogP contribution >= 0.6 is 0 Å². The van der Waals surface area contributed by atoms with Crippen molar-refractivity contribution < 1.29 is 22.8 Å². The number of halogens is 3. The van der Waals surface area contributed by atoms with E-state index in [1.165, 1.54) is 12.1 Å². The molecule has 3 aromatic rings. The number of benzene rings is 2. The molecular formula is C28H31F3N4O2. The molecule has 3 N–H and O–H groups in total. The van der Waals surface area contributed by atoms with Gasteiger partial charge in [-0.2, -0.15) is 13.2 Å². The van der Waals surface area contributed by atoms with E-state index in [0.717, 1.165) is 41.7 Å². The molecule has 2 heterocycles. The summed E-state index contributed by atoms with van der Waals surface area (Å²) >= 11 is 0.